The summed E-state index contributed by atoms with van der Waals surface area (Å²) in [6.07, 6.45) is 5.69. The van der Waals surface area contributed by atoms with Gasteiger partial charge in [-0.2, -0.15) is 11.8 Å². The summed E-state index contributed by atoms with van der Waals surface area (Å²) in [4.78, 5) is 2.63. The second-order valence-electron chi connectivity index (χ2n) is 4.70. The van der Waals surface area contributed by atoms with Gasteiger partial charge in [0, 0.05) is 24.6 Å². The fraction of sp³-hybridized carbons (Fsp3) is 1.00. The Hall–Kier alpha value is 0.310. The molecular weight excluding hydrogens is 190 g/mol. The SMILES string of the molecule is CC(C)CCCCCN1CCSCC1. The van der Waals surface area contributed by atoms with Crippen LogP contribution in [0.5, 0.6) is 0 Å². The Bertz CT molecular complexity index is 130. The van der Waals surface area contributed by atoms with Crippen LogP contribution >= 0.6 is 11.8 Å². The fourth-order valence-corrected chi connectivity index (χ4v) is 2.87. The Morgan fingerprint density at radius 1 is 1.07 bits per heavy atom. The zero-order valence-electron chi connectivity index (χ0n) is 9.80. The molecule has 0 unspecified atom stereocenters. The van der Waals surface area contributed by atoms with Gasteiger partial charge >= 0.3 is 0 Å². The molecule has 1 fully saturated rings. The largest absolute Gasteiger partial charge is 0.302 e. The molecule has 0 N–H and O–H groups in total. The molecule has 84 valence electrons. The van der Waals surface area contributed by atoms with Gasteiger partial charge in [0.1, 0.15) is 0 Å². The van der Waals surface area contributed by atoms with E-state index in [2.05, 4.69) is 30.5 Å². The number of unbranched alkanes of at least 4 members (excludes halogenated alkanes) is 2. The first-order valence-corrected chi connectivity index (χ1v) is 7.24. The van der Waals surface area contributed by atoms with Gasteiger partial charge in [0.2, 0.25) is 0 Å². The summed E-state index contributed by atoms with van der Waals surface area (Å²) in [5.41, 5.74) is 0. The molecule has 0 atom stereocenters. The lowest BCUT2D eigenvalue weighted by atomic mass is 10.1. The summed E-state index contributed by atoms with van der Waals surface area (Å²) in [6.45, 7) is 8.64. The lowest BCUT2D eigenvalue weighted by molar-refractivity contribution is 0.293. The molecular formula is C12H25NS. The topological polar surface area (TPSA) is 3.24 Å². The molecule has 0 spiro atoms. The molecule has 1 saturated heterocycles. The van der Waals surface area contributed by atoms with E-state index in [1.54, 1.807) is 0 Å². The van der Waals surface area contributed by atoms with Crippen molar-refractivity contribution in [1.82, 2.24) is 4.90 Å². The minimum absolute atomic E-state index is 0.890. The molecule has 0 aliphatic carbocycles. The van der Waals surface area contributed by atoms with E-state index in [9.17, 15) is 0 Å². The third-order valence-corrected chi connectivity index (χ3v) is 3.80. The number of thioether (sulfide) groups is 1. The zero-order chi connectivity index (χ0) is 10.2. The zero-order valence-corrected chi connectivity index (χ0v) is 10.6. The molecule has 0 bridgehead atoms. The Morgan fingerprint density at radius 3 is 2.43 bits per heavy atom. The highest BCUT2D eigenvalue weighted by molar-refractivity contribution is 7.99. The van der Waals surface area contributed by atoms with Gasteiger partial charge in [0.25, 0.3) is 0 Å². The van der Waals surface area contributed by atoms with Crippen molar-refractivity contribution in [2.45, 2.75) is 39.5 Å². The van der Waals surface area contributed by atoms with Crippen molar-refractivity contribution in [2.75, 3.05) is 31.1 Å². The molecule has 1 aliphatic heterocycles. The van der Waals surface area contributed by atoms with Crippen LogP contribution in [0.3, 0.4) is 0 Å². The highest BCUT2D eigenvalue weighted by Gasteiger charge is 2.08. The Kier molecular flexibility index (Phi) is 6.70. The maximum absolute atomic E-state index is 2.63. The normalized spacial score (nSPS) is 19.1. The molecule has 1 nitrogen and oxygen atoms in total. The Labute approximate surface area is 93.6 Å². The molecule has 0 aromatic heterocycles. The summed E-state index contributed by atoms with van der Waals surface area (Å²) in [5.74, 6) is 3.60. The first-order chi connectivity index (χ1) is 6.79. The maximum atomic E-state index is 2.63. The van der Waals surface area contributed by atoms with Crippen LogP contribution in [0.15, 0.2) is 0 Å². The minimum atomic E-state index is 0.890. The number of rotatable bonds is 6. The Balaban J connectivity index is 1.87. The molecule has 2 heteroatoms. The van der Waals surface area contributed by atoms with E-state index >= 15 is 0 Å². The van der Waals surface area contributed by atoms with Crippen LogP contribution in [0.2, 0.25) is 0 Å². The average Bonchev–Trinajstić information content (AvgIpc) is 2.18. The van der Waals surface area contributed by atoms with E-state index in [0.717, 1.165) is 5.92 Å². The molecule has 0 amide bonds. The van der Waals surface area contributed by atoms with E-state index in [1.165, 1.54) is 56.8 Å². The van der Waals surface area contributed by atoms with Gasteiger partial charge in [0.15, 0.2) is 0 Å². The van der Waals surface area contributed by atoms with E-state index in [4.69, 9.17) is 0 Å². The van der Waals surface area contributed by atoms with Crippen LogP contribution in [-0.4, -0.2) is 36.0 Å². The molecule has 1 aliphatic rings. The van der Waals surface area contributed by atoms with Gasteiger partial charge in [-0.25, -0.2) is 0 Å². The van der Waals surface area contributed by atoms with Crippen LogP contribution in [0.25, 0.3) is 0 Å². The summed E-state index contributed by atoms with van der Waals surface area (Å²) in [6, 6.07) is 0. The second-order valence-corrected chi connectivity index (χ2v) is 5.92. The molecule has 1 heterocycles. The van der Waals surface area contributed by atoms with E-state index in [-0.39, 0.29) is 0 Å². The first kappa shape index (κ1) is 12.4. The lowest BCUT2D eigenvalue weighted by Crippen LogP contribution is -2.33. The summed E-state index contributed by atoms with van der Waals surface area (Å²) in [5, 5.41) is 0. The highest BCUT2D eigenvalue weighted by Crippen LogP contribution is 2.12. The third kappa shape index (κ3) is 5.92. The van der Waals surface area contributed by atoms with E-state index in [1.807, 2.05) is 0 Å². The molecule has 0 saturated carbocycles. The first-order valence-electron chi connectivity index (χ1n) is 6.09. The Morgan fingerprint density at radius 2 is 1.79 bits per heavy atom. The van der Waals surface area contributed by atoms with Crippen LogP contribution in [-0.2, 0) is 0 Å². The van der Waals surface area contributed by atoms with E-state index < -0.39 is 0 Å². The van der Waals surface area contributed by atoms with Gasteiger partial charge in [-0.3, -0.25) is 0 Å². The van der Waals surface area contributed by atoms with Crippen molar-refractivity contribution in [3.05, 3.63) is 0 Å². The summed E-state index contributed by atoms with van der Waals surface area (Å²) in [7, 11) is 0. The van der Waals surface area contributed by atoms with Crippen molar-refractivity contribution < 1.29 is 0 Å². The number of hydrogen-bond donors (Lipinski definition) is 0. The summed E-state index contributed by atoms with van der Waals surface area (Å²) < 4.78 is 0. The molecule has 0 aromatic carbocycles. The van der Waals surface area contributed by atoms with Gasteiger partial charge in [-0.1, -0.05) is 33.1 Å². The lowest BCUT2D eigenvalue weighted by Gasteiger charge is -2.25. The fourth-order valence-electron chi connectivity index (χ4n) is 1.89. The van der Waals surface area contributed by atoms with Crippen LogP contribution in [0.4, 0.5) is 0 Å². The molecule has 0 aromatic rings. The quantitative estimate of drug-likeness (QED) is 0.626. The van der Waals surface area contributed by atoms with Crippen molar-refractivity contribution in [3.8, 4) is 0 Å². The second kappa shape index (κ2) is 7.58. The number of hydrogen-bond acceptors (Lipinski definition) is 2. The van der Waals surface area contributed by atoms with Gasteiger partial charge in [0.05, 0.1) is 0 Å². The van der Waals surface area contributed by atoms with Crippen LogP contribution < -0.4 is 0 Å². The van der Waals surface area contributed by atoms with Crippen LogP contribution in [0.1, 0.15) is 39.5 Å². The van der Waals surface area contributed by atoms with Gasteiger partial charge < -0.3 is 4.90 Å². The van der Waals surface area contributed by atoms with Gasteiger partial charge in [-0.05, 0) is 18.9 Å². The highest BCUT2D eigenvalue weighted by atomic mass is 32.2. The van der Waals surface area contributed by atoms with Crippen molar-refractivity contribution in [2.24, 2.45) is 5.92 Å². The smallest absolute Gasteiger partial charge is 0.00727 e. The van der Waals surface area contributed by atoms with Crippen molar-refractivity contribution in [1.29, 1.82) is 0 Å². The minimum Gasteiger partial charge on any atom is -0.302 e. The predicted octanol–water partition coefficient (Wildman–Crippen LogP) is 3.25. The number of nitrogens with zero attached hydrogens (tertiary/aromatic N) is 1. The van der Waals surface area contributed by atoms with Gasteiger partial charge in [-0.15, -0.1) is 0 Å². The molecule has 1 rings (SSSR count). The summed E-state index contributed by atoms with van der Waals surface area (Å²) >= 11 is 2.10. The van der Waals surface area contributed by atoms with Crippen LogP contribution in [0, 0.1) is 5.92 Å². The van der Waals surface area contributed by atoms with Crippen molar-refractivity contribution in [3.63, 3.8) is 0 Å². The van der Waals surface area contributed by atoms with E-state index in [0.29, 0.717) is 0 Å². The predicted molar refractivity (Wildman–Crippen MR) is 67.1 cm³/mol. The monoisotopic (exact) mass is 215 g/mol. The molecule has 0 radical (unpaired) electrons. The van der Waals surface area contributed by atoms with Crippen molar-refractivity contribution >= 4 is 11.8 Å². The molecule has 14 heavy (non-hydrogen) atoms. The standard InChI is InChI=1S/C12H25NS/c1-12(2)6-4-3-5-7-13-8-10-14-11-9-13/h12H,3-11H2,1-2H3. The average molecular weight is 215 g/mol. The third-order valence-electron chi connectivity index (χ3n) is 2.86. The maximum Gasteiger partial charge on any atom is 0.00727 e.